The molecule has 0 amide bonds. The summed E-state index contributed by atoms with van der Waals surface area (Å²) in [5.74, 6) is 3.51. The minimum Gasteiger partial charge on any atom is -0.547 e. The molecule has 3 saturated carbocycles. The van der Waals surface area contributed by atoms with Gasteiger partial charge in [-0.1, -0.05) is 34.6 Å². The lowest BCUT2D eigenvalue weighted by Crippen LogP contribution is -2.59. The molecule has 0 bridgehead atoms. The van der Waals surface area contributed by atoms with E-state index in [1.54, 1.807) is 0 Å². The highest BCUT2D eigenvalue weighted by Crippen LogP contribution is 2.67. The minimum absolute atomic E-state index is 0.0401. The maximum atomic E-state index is 13.6. The number of allylic oxidation sites excluding steroid dienone is 1. The van der Waals surface area contributed by atoms with Gasteiger partial charge in [0.15, 0.2) is 8.32 Å². The number of fused-ring (bicyclic) bond motifs is 5. The molecule has 4 aliphatic carbocycles. The topological polar surface area (TPSA) is 44.8 Å². The molecule has 0 N–H and O–H groups in total. The normalized spacial score (nSPS) is 38.6. The summed E-state index contributed by atoms with van der Waals surface area (Å²) in [5.41, 5.74) is -0.416. The van der Waals surface area contributed by atoms with Gasteiger partial charge in [-0.15, -0.1) is 0 Å². The first kappa shape index (κ1) is 32.3. The van der Waals surface area contributed by atoms with Crippen LogP contribution in [0.1, 0.15) is 107 Å². The van der Waals surface area contributed by atoms with Crippen LogP contribution in [0.15, 0.2) is 11.8 Å². The van der Waals surface area contributed by atoms with Gasteiger partial charge in [0.05, 0.1) is 16.6 Å². The third-order valence-electron chi connectivity index (χ3n) is 12.6. The van der Waals surface area contributed by atoms with E-state index in [1.807, 2.05) is 13.8 Å². The Bertz CT molecular complexity index is 989. The summed E-state index contributed by atoms with van der Waals surface area (Å²) in [6, 6.07) is 0. The summed E-state index contributed by atoms with van der Waals surface area (Å²) in [6.45, 7) is 29.8. The third-order valence-corrected chi connectivity index (χ3v) is 17.9. The van der Waals surface area contributed by atoms with Crippen molar-refractivity contribution in [1.82, 2.24) is 0 Å². The molecule has 0 saturated heterocycles. The monoisotopic (exact) mass is 590 g/mol. The van der Waals surface area contributed by atoms with Gasteiger partial charge < -0.3 is 13.6 Å². The van der Waals surface area contributed by atoms with Gasteiger partial charge in [-0.3, -0.25) is 4.79 Å². The molecule has 3 fully saturated rings. The van der Waals surface area contributed by atoms with Crippen molar-refractivity contribution in [2.24, 2.45) is 39.9 Å². The molecule has 40 heavy (non-hydrogen) atoms. The highest BCUT2D eigenvalue weighted by molar-refractivity contribution is 6.74. The van der Waals surface area contributed by atoms with E-state index in [9.17, 15) is 4.79 Å². The van der Waals surface area contributed by atoms with Crippen molar-refractivity contribution in [3.05, 3.63) is 11.8 Å². The van der Waals surface area contributed by atoms with Crippen molar-refractivity contribution in [3.63, 3.8) is 0 Å². The quantitative estimate of drug-likeness (QED) is 0.219. The molecule has 4 nitrogen and oxygen atoms in total. The van der Waals surface area contributed by atoms with E-state index >= 15 is 0 Å². The maximum Gasteiger partial charge on any atom is 0.311 e. The van der Waals surface area contributed by atoms with E-state index in [2.05, 4.69) is 80.4 Å². The first-order valence-corrected chi connectivity index (χ1v) is 22.8. The van der Waals surface area contributed by atoms with Crippen molar-refractivity contribution in [2.45, 2.75) is 157 Å². The molecule has 0 aromatic rings. The number of carbonyl (C=O) groups excluding carboxylic acids is 1. The van der Waals surface area contributed by atoms with Crippen LogP contribution >= 0.6 is 0 Å². The Hall–Kier alpha value is -0.596. The second-order valence-corrected chi connectivity index (χ2v) is 26.8. The third kappa shape index (κ3) is 5.68. The zero-order valence-corrected chi connectivity index (χ0v) is 30.3. The Morgan fingerprint density at radius 3 is 2.20 bits per heavy atom. The lowest BCUT2D eigenvalue weighted by atomic mass is 9.44. The second kappa shape index (κ2) is 10.5. The Morgan fingerprint density at radius 1 is 0.975 bits per heavy atom. The highest BCUT2D eigenvalue weighted by atomic mass is 28.4. The zero-order chi connectivity index (χ0) is 30.1. The molecule has 0 heterocycles. The van der Waals surface area contributed by atoms with Gasteiger partial charge in [-0.2, -0.15) is 0 Å². The van der Waals surface area contributed by atoms with Crippen molar-refractivity contribution >= 4 is 22.6 Å². The van der Waals surface area contributed by atoms with Crippen LogP contribution in [0.25, 0.3) is 0 Å². The molecular weight excluding hydrogens is 529 g/mol. The van der Waals surface area contributed by atoms with Gasteiger partial charge in [0.25, 0.3) is 0 Å². The Balaban J connectivity index is 1.62. The second-order valence-electron chi connectivity index (χ2n) is 17.6. The SMILES string of the molecule is CCC(C)(C)C(=O)O[C@H]1C[C@H]2[C@@H](CC[C@@H]3C[C@H](O[Si](C)(C)C(C)(C)C)CC[C@@]32C)[C@@H]2CC=C(O[Si](C)(C)C)[C@@]12C. The summed E-state index contributed by atoms with van der Waals surface area (Å²) in [4.78, 5) is 13.6. The predicted molar refractivity (Wildman–Crippen MR) is 171 cm³/mol. The van der Waals surface area contributed by atoms with Crippen LogP contribution in [0.4, 0.5) is 0 Å². The Morgan fingerprint density at radius 2 is 1.62 bits per heavy atom. The van der Waals surface area contributed by atoms with Crippen LogP contribution in [-0.4, -0.2) is 34.8 Å². The number of hydrogen-bond acceptors (Lipinski definition) is 4. The van der Waals surface area contributed by atoms with Crippen molar-refractivity contribution in [3.8, 4) is 0 Å². The number of carbonyl (C=O) groups is 1. The predicted octanol–water partition coefficient (Wildman–Crippen LogP) is 9.72. The van der Waals surface area contributed by atoms with Crippen molar-refractivity contribution in [2.75, 3.05) is 0 Å². The zero-order valence-electron chi connectivity index (χ0n) is 28.3. The van der Waals surface area contributed by atoms with Gasteiger partial charge in [0, 0.05) is 6.10 Å². The molecule has 0 spiro atoms. The van der Waals surface area contributed by atoms with E-state index in [-0.39, 0.29) is 27.9 Å². The van der Waals surface area contributed by atoms with E-state index in [0.29, 0.717) is 29.8 Å². The fraction of sp³-hybridized carbons (Fsp3) is 0.912. The van der Waals surface area contributed by atoms with Crippen LogP contribution in [0.3, 0.4) is 0 Å². The van der Waals surface area contributed by atoms with Crippen LogP contribution < -0.4 is 0 Å². The number of rotatable bonds is 7. The summed E-state index contributed by atoms with van der Waals surface area (Å²) in [5, 5.41) is 0.244. The van der Waals surface area contributed by atoms with Crippen LogP contribution in [0, 0.1) is 39.9 Å². The summed E-state index contributed by atoms with van der Waals surface area (Å²) >= 11 is 0. The summed E-state index contributed by atoms with van der Waals surface area (Å²) in [6.07, 6.45) is 11.7. The van der Waals surface area contributed by atoms with E-state index in [4.69, 9.17) is 13.6 Å². The smallest absolute Gasteiger partial charge is 0.311 e. The van der Waals surface area contributed by atoms with E-state index in [1.165, 1.54) is 32.1 Å². The molecule has 4 aliphatic rings. The Labute approximate surface area is 249 Å². The molecule has 4 rings (SSSR count). The molecule has 6 heteroatoms. The average Bonchev–Trinajstić information content (AvgIpc) is 3.14. The molecule has 0 unspecified atom stereocenters. The molecular formula is C34H62O4Si2. The van der Waals surface area contributed by atoms with Crippen LogP contribution in [0.5, 0.6) is 0 Å². The molecule has 0 aromatic heterocycles. The van der Waals surface area contributed by atoms with Crippen molar-refractivity contribution < 1.29 is 18.4 Å². The summed E-state index contributed by atoms with van der Waals surface area (Å²) < 4.78 is 20.4. The lowest BCUT2D eigenvalue weighted by Gasteiger charge is -2.62. The molecule has 0 aromatic carbocycles. The van der Waals surface area contributed by atoms with Gasteiger partial charge >= 0.3 is 5.97 Å². The Kier molecular flexibility index (Phi) is 8.51. The number of ether oxygens (including phenoxy) is 1. The minimum atomic E-state index is -1.81. The first-order chi connectivity index (χ1) is 18.2. The van der Waals surface area contributed by atoms with Gasteiger partial charge in [0.1, 0.15) is 6.10 Å². The lowest BCUT2D eigenvalue weighted by molar-refractivity contribution is -0.194. The maximum absolute atomic E-state index is 13.6. The van der Waals surface area contributed by atoms with E-state index < -0.39 is 22.0 Å². The van der Waals surface area contributed by atoms with E-state index in [0.717, 1.165) is 25.0 Å². The van der Waals surface area contributed by atoms with Crippen molar-refractivity contribution in [1.29, 1.82) is 0 Å². The molecule has 0 radical (unpaired) electrons. The van der Waals surface area contributed by atoms with Gasteiger partial charge in [0.2, 0.25) is 8.32 Å². The largest absolute Gasteiger partial charge is 0.547 e. The fourth-order valence-electron chi connectivity index (χ4n) is 8.49. The van der Waals surface area contributed by atoms with Crippen LogP contribution in [0.2, 0.25) is 37.8 Å². The number of esters is 1. The molecule has 8 atom stereocenters. The fourth-order valence-corrected chi connectivity index (χ4v) is 10.8. The molecule has 0 aliphatic heterocycles. The summed E-state index contributed by atoms with van der Waals surface area (Å²) in [7, 11) is -3.59. The standard InChI is InChI=1S/C34H62O4Si2/c1-14-32(5,6)30(35)36-29-22-27-25(26-17-18-28(34(26,29)8)38-39(9,10)11)16-15-23-21-24(19-20-33(23,27)7)37-40(12,13)31(2,3)4/h18,23-27,29H,14-17,19-22H2,1-13H3/t23-,24-,25+,26+,27+,29+,33+,34+/m1/s1. The van der Waals surface area contributed by atoms with Gasteiger partial charge in [-0.25, -0.2) is 0 Å². The first-order valence-electron chi connectivity index (χ1n) is 16.4. The average molecular weight is 591 g/mol. The van der Waals surface area contributed by atoms with Crippen LogP contribution in [-0.2, 0) is 18.4 Å². The molecule has 230 valence electrons. The van der Waals surface area contributed by atoms with Gasteiger partial charge in [-0.05, 0) is 145 Å². The highest BCUT2D eigenvalue weighted by Gasteiger charge is 2.64. The number of hydrogen-bond donors (Lipinski definition) is 0.